The molecule has 0 aliphatic heterocycles. The van der Waals surface area contributed by atoms with Gasteiger partial charge in [0.2, 0.25) is 0 Å². The SMILES string of the molecule is Nc1cc(F)c(-c2ccncc2)c(F)c1Br. The van der Waals surface area contributed by atoms with E-state index in [1.165, 1.54) is 24.5 Å². The molecule has 1 aromatic heterocycles. The Morgan fingerprint density at radius 2 is 1.81 bits per heavy atom. The molecular formula is C11H7BrF2N2. The van der Waals surface area contributed by atoms with Gasteiger partial charge in [-0.1, -0.05) is 0 Å². The van der Waals surface area contributed by atoms with Crippen molar-refractivity contribution in [3.63, 3.8) is 0 Å². The maximum atomic E-state index is 13.8. The number of hydrogen-bond acceptors (Lipinski definition) is 2. The van der Waals surface area contributed by atoms with Gasteiger partial charge in [0.15, 0.2) is 0 Å². The predicted octanol–water partition coefficient (Wildman–Crippen LogP) is 3.37. The first-order valence-corrected chi connectivity index (χ1v) is 5.24. The van der Waals surface area contributed by atoms with Crippen LogP contribution in [0.25, 0.3) is 11.1 Å². The highest BCUT2D eigenvalue weighted by Crippen LogP contribution is 2.34. The average Bonchev–Trinajstić information content (AvgIpc) is 2.28. The molecule has 16 heavy (non-hydrogen) atoms. The third-order valence-corrected chi connectivity index (χ3v) is 2.96. The molecule has 0 saturated carbocycles. The van der Waals surface area contributed by atoms with Crippen molar-refractivity contribution in [3.05, 3.63) is 46.7 Å². The molecule has 1 aromatic carbocycles. The Labute approximate surface area is 99.2 Å². The summed E-state index contributed by atoms with van der Waals surface area (Å²) in [6.45, 7) is 0. The highest BCUT2D eigenvalue weighted by atomic mass is 79.9. The first-order chi connectivity index (χ1) is 7.61. The number of pyridine rings is 1. The molecule has 0 unspecified atom stereocenters. The Hall–Kier alpha value is -1.49. The fourth-order valence-corrected chi connectivity index (χ4v) is 1.71. The van der Waals surface area contributed by atoms with E-state index >= 15 is 0 Å². The van der Waals surface area contributed by atoms with Crippen molar-refractivity contribution >= 4 is 21.6 Å². The molecule has 2 N–H and O–H groups in total. The average molecular weight is 285 g/mol. The van der Waals surface area contributed by atoms with Gasteiger partial charge in [-0.15, -0.1) is 0 Å². The molecule has 1 heterocycles. The minimum absolute atomic E-state index is 0.0350. The van der Waals surface area contributed by atoms with Crippen LogP contribution in [0, 0.1) is 11.6 Å². The van der Waals surface area contributed by atoms with Gasteiger partial charge in [0.25, 0.3) is 0 Å². The van der Waals surface area contributed by atoms with Crippen LogP contribution in [-0.4, -0.2) is 4.98 Å². The minimum Gasteiger partial charge on any atom is -0.398 e. The Morgan fingerprint density at radius 3 is 2.44 bits per heavy atom. The number of nitrogen functional groups attached to an aromatic ring is 1. The monoisotopic (exact) mass is 284 g/mol. The van der Waals surface area contributed by atoms with Crippen LogP contribution < -0.4 is 5.73 Å². The molecule has 0 aliphatic rings. The van der Waals surface area contributed by atoms with Crippen LogP contribution in [-0.2, 0) is 0 Å². The standard InChI is InChI=1S/C11H7BrF2N2/c12-10-8(15)5-7(13)9(11(10)14)6-1-3-16-4-2-6/h1-5H,15H2. The van der Waals surface area contributed by atoms with Crippen molar-refractivity contribution in [1.29, 1.82) is 0 Å². The van der Waals surface area contributed by atoms with Gasteiger partial charge in [0.1, 0.15) is 11.6 Å². The Morgan fingerprint density at radius 1 is 1.19 bits per heavy atom. The van der Waals surface area contributed by atoms with Gasteiger partial charge in [0.05, 0.1) is 15.7 Å². The molecule has 0 spiro atoms. The first kappa shape index (κ1) is 11.0. The molecule has 0 aliphatic carbocycles. The molecule has 0 radical (unpaired) electrons. The van der Waals surface area contributed by atoms with Crippen LogP contribution in [0.4, 0.5) is 14.5 Å². The molecule has 0 fully saturated rings. The minimum atomic E-state index is -0.705. The normalized spacial score (nSPS) is 10.4. The number of rotatable bonds is 1. The zero-order chi connectivity index (χ0) is 11.7. The van der Waals surface area contributed by atoms with Crippen LogP contribution in [0.1, 0.15) is 0 Å². The van der Waals surface area contributed by atoms with Crippen LogP contribution in [0.15, 0.2) is 35.1 Å². The van der Waals surface area contributed by atoms with E-state index in [-0.39, 0.29) is 15.7 Å². The molecule has 2 rings (SSSR count). The number of anilines is 1. The molecule has 2 nitrogen and oxygen atoms in total. The fourth-order valence-electron chi connectivity index (χ4n) is 1.40. The van der Waals surface area contributed by atoms with E-state index in [0.29, 0.717) is 5.56 Å². The lowest BCUT2D eigenvalue weighted by Gasteiger charge is -2.08. The van der Waals surface area contributed by atoms with Crippen molar-refractivity contribution < 1.29 is 8.78 Å². The molecule has 0 amide bonds. The highest BCUT2D eigenvalue weighted by Gasteiger charge is 2.16. The summed E-state index contributed by atoms with van der Waals surface area (Å²) in [6, 6.07) is 4.15. The van der Waals surface area contributed by atoms with Crippen molar-refractivity contribution in [3.8, 4) is 11.1 Å². The van der Waals surface area contributed by atoms with Gasteiger partial charge < -0.3 is 5.73 Å². The van der Waals surface area contributed by atoms with E-state index in [1.807, 2.05) is 0 Å². The number of hydrogen-bond donors (Lipinski definition) is 1. The van der Waals surface area contributed by atoms with E-state index in [9.17, 15) is 8.78 Å². The lowest BCUT2D eigenvalue weighted by molar-refractivity contribution is 0.586. The van der Waals surface area contributed by atoms with Gasteiger partial charge >= 0.3 is 0 Å². The molecule has 82 valence electrons. The maximum absolute atomic E-state index is 13.8. The number of aromatic nitrogens is 1. The summed E-state index contributed by atoms with van der Waals surface area (Å²) in [7, 11) is 0. The number of nitrogens with two attached hydrogens (primary N) is 1. The van der Waals surface area contributed by atoms with Crippen molar-refractivity contribution in [2.24, 2.45) is 0 Å². The van der Waals surface area contributed by atoms with Crippen LogP contribution >= 0.6 is 15.9 Å². The summed E-state index contributed by atoms with van der Waals surface area (Å²) in [6.07, 6.45) is 2.94. The summed E-state index contributed by atoms with van der Waals surface area (Å²) in [4.78, 5) is 3.79. The van der Waals surface area contributed by atoms with Gasteiger partial charge in [-0.05, 0) is 39.7 Å². The van der Waals surface area contributed by atoms with Crippen molar-refractivity contribution in [1.82, 2.24) is 4.98 Å². The predicted molar refractivity (Wildman–Crippen MR) is 61.7 cm³/mol. The third-order valence-electron chi connectivity index (χ3n) is 2.16. The van der Waals surface area contributed by atoms with Gasteiger partial charge in [-0.2, -0.15) is 0 Å². The Balaban J connectivity index is 2.71. The summed E-state index contributed by atoms with van der Waals surface area (Å²) in [5, 5.41) is 0. The smallest absolute Gasteiger partial charge is 0.150 e. The Kier molecular flexibility index (Phi) is 2.87. The lowest BCUT2D eigenvalue weighted by atomic mass is 10.1. The molecular weight excluding hydrogens is 278 g/mol. The molecule has 5 heteroatoms. The van der Waals surface area contributed by atoms with Crippen molar-refractivity contribution in [2.45, 2.75) is 0 Å². The van der Waals surface area contributed by atoms with E-state index in [4.69, 9.17) is 5.73 Å². The molecule has 2 aromatic rings. The van der Waals surface area contributed by atoms with E-state index in [2.05, 4.69) is 20.9 Å². The van der Waals surface area contributed by atoms with Gasteiger partial charge in [-0.3, -0.25) is 4.98 Å². The quantitative estimate of drug-likeness (QED) is 0.644. The second-order valence-corrected chi connectivity index (χ2v) is 3.98. The fraction of sp³-hybridized carbons (Fsp3) is 0. The number of nitrogens with zero attached hydrogens (tertiary/aromatic N) is 1. The van der Waals surface area contributed by atoms with E-state index in [1.54, 1.807) is 0 Å². The van der Waals surface area contributed by atoms with Crippen LogP contribution in [0.3, 0.4) is 0 Å². The topological polar surface area (TPSA) is 38.9 Å². The maximum Gasteiger partial charge on any atom is 0.150 e. The lowest BCUT2D eigenvalue weighted by Crippen LogP contribution is -1.97. The summed E-state index contributed by atoms with van der Waals surface area (Å²) in [5.74, 6) is -1.40. The molecule has 0 saturated heterocycles. The van der Waals surface area contributed by atoms with Crippen LogP contribution in [0.5, 0.6) is 0 Å². The summed E-state index contributed by atoms with van der Waals surface area (Å²) in [5.41, 5.74) is 5.78. The van der Waals surface area contributed by atoms with Gasteiger partial charge in [-0.25, -0.2) is 8.78 Å². The van der Waals surface area contributed by atoms with E-state index in [0.717, 1.165) is 6.07 Å². The third kappa shape index (κ3) is 1.78. The number of halogens is 3. The Bertz CT molecular complexity index is 529. The highest BCUT2D eigenvalue weighted by molar-refractivity contribution is 9.10. The van der Waals surface area contributed by atoms with Crippen molar-refractivity contribution in [2.75, 3.05) is 5.73 Å². The zero-order valence-corrected chi connectivity index (χ0v) is 9.63. The molecule has 0 atom stereocenters. The van der Waals surface area contributed by atoms with E-state index < -0.39 is 11.6 Å². The molecule has 0 bridgehead atoms. The first-order valence-electron chi connectivity index (χ1n) is 4.44. The van der Waals surface area contributed by atoms with Crippen LogP contribution in [0.2, 0.25) is 0 Å². The van der Waals surface area contributed by atoms with Gasteiger partial charge in [0, 0.05) is 12.4 Å². The summed E-state index contributed by atoms with van der Waals surface area (Å²) < 4.78 is 27.5. The largest absolute Gasteiger partial charge is 0.398 e. The second kappa shape index (κ2) is 4.17. The second-order valence-electron chi connectivity index (χ2n) is 3.19. The zero-order valence-electron chi connectivity index (χ0n) is 8.05. The number of benzene rings is 1. The summed E-state index contributed by atoms with van der Waals surface area (Å²) >= 11 is 2.98.